The van der Waals surface area contributed by atoms with E-state index in [0.29, 0.717) is 44.0 Å². The molecule has 0 radical (unpaired) electrons. The first-order valence-corrected chi connectivity index (χ1v) is 12.6. The number of aromatic nitrogens is 4. The van der Waals surface area contributed by atoms with Crippen LogP contribution in [-0.2, 0) is 6.54 Å². The van der Waals surface area contributed by atoms with E-state index in [2.05, 4.69) is 10.1 Å². The molecule has 7 nitrogen and oxygen atoms in total. The molecule has 0 bridgehead atoms. The van der Waals surface area contributed by atoms with Crippen LogP contribution in [0.15, 0.2) is 78.2 Å². The Kier molecular flexibility index (Phi) is 6.30. The number of hydrogen-bond donors (Lipinski definition) is 0. The van der Waals surface area contributed by atoms with Crippen molar-refractivity contribution in [2.45, 2.75) is 13.5 Å². The van der Waals surface area contributed by atoms with E-state index in [1.165, 1.54) is 18.5 Å². The molecule has 1 aliphatic rings. The average molecular weight is 531 g/mol. The highest BCUT2D eigenvalue weighted by Gasteiger charge is 2.26. The molecular weight excluding hydrogens is 505 g/mol. The zero-order chi connectivity index (χ0) is 27.1. The van der Waals surface area contributed by atoms with E-state index in [-0.39, 0.29) is 22.4 Å². The van der Waals surface area contributed by atoms with Crippen molar-refractivity contribution < 1.29 is 13.2 Å². The van der Waals surface area contributed by atoms with E-state index in [1.807, 2.05) is 29.2 Å². The fraction of sp³-hybridized carbons (Fsp3) is 0.207. The van der Waals surface area contributed by atoms with Crippen LogP contribution in [0.2, 0.25) is 0 Å². The van der Waals surface area contributed by atoms with Crippen molar-refractivity contribution in [3.8, 4) is 5.69 Å². The van der Waals surface area contributed by atoms with Gasteiger partial charge in [0.05, 0.1) is 17.4 Å². The highest BCUT2D eigenvalue weighted by molar-refractivity contribution is 5.86. The molecule has 2 aromatic heterocycles. The largest absolute Gasteiger partial charge is 0.368 e. The SMILES string of the molecule is Cc1cn(-c2ccc(Cn3cncn3)cc2)c2c(F)c(N3CCN(c4ccc(F)cc4)CC3)c(F)cc2c1=O. The number of benzene rings is 3. The zero-order valence-corrected chi connectivity index (χ0v) is 21.2. The van der Waals surface area contributed by atoms with Crippen LogP contribution < -0.4 is 15.2 Å². The zero-order valence-electron chi connectivity index (χ0n) is 21.2. The van der Waals surface area contributed by atoms with E-state index in [4.69, 9.17) is 0 Å². The van der Waals surface area contributed by atoms with Gasteiger partial charge in [-0.3, -0.25) is 4.79 Å². The second-order valence-corrected chi connectivity index (χ2v) is 9.64. The molecule has 3 heterocycles. The van der Waals surface area contributed by atoms with Gasteiger partial charge >= 0.3 is 0 Å². The van der Waals surface area contributed by atoms with Crippen LogP contribution in [0.4, 0.5) is 24.5 Å². The highest BCUT2D eigenvalue weighted by Crippen LogP contribution is 2.32. The molecule has 0 N–H and O–H groups in total. The van der Waals surface area contributed by atoms with Crippen LogP contribution in [0.1, 0.15) is 11.1 Å². The van der Waals surface area contributed by atoms with Crippen molar-refractivity contribution in [1.29, 1.82) is 0 Å². The first kappa shape index (κ1) is 24.7. The second-order valence-electron chi connectivity index (χ2n) is 9.64. The molecule has 0 amide bonds. The molecule has 39 heavy (non-hydrogen) atoms. The molecule has 5 aromatic rings. The first-order valence-electron chi connectivity index (χ1n) is 12.6. The summed E-state index contributed by atoms with van der Waals surface area (Å²) in [6.07, 6.45) is 4.68. The average Bonchev–Trinajstić information content (AvgIpc) is 3.45. The van der Waals surface area contributed by atoms with Crippen LogP contribution in [0.3, 0.4) is 0 Å². The number of hydrogen-bond acceptors (Lipinski definition) is 5. The molecule has 0 spiro atoms. The van der Waals surface area contributed by atoms with E-state index >= 15 is 8.78 Å². The Balaban J connectivity index is 1.36. The molecule has 1 aliphatic heterocycles. The number of piperazine rings is 1. The number of nitrogens with zero attached hydrogens (tertiary/aromatic N) is 6. The number of pyridine rings is 1. The van der Waals surface area contributed by atoms with Crippen molar-refractivity contribution in [2.75, 3.05) is 36.0 Å². The Morgan fingerprint density at radius 1 is 0.872 bits per heavy atom. The second kappa shape index (κ2) is 9.94. The maximum absolute atomic E-state index is 16.3. The van der Waals surface area contributed by atoms with Gasteiger partial charge in [-0.05, 0) is 55.0 Å². The molecule has 3 aromatic carbocycles. The standard InChI is InChI=1S/C29H25F3N6O/c1-19-15-38(23-6-2-20(3-7-23)16-37-18-33-17-34-37)27-24(29(19)39)14-25(31)28(26(27)32)36-12-10-35(11-13-36)22-8-4-21(30)5-9-22/h2-9,14-15,17-18H,10-13,16H2,1H3. The van der Waals surface area contributed by atoms with E-state index in [1.54, 1.807) is 45.7 Å². The lowest BCUT2D eigenvalue weighted by atomic mass is 10.1. The number of aryl methyl sites for hydroxylation is 1. The van der Waals surface area contributed by atoms with Gasteiger partial charge in [0.25, 0.3) is 0 Å². The fourth-order valence-electron chi connectivity index (χ4n) is 5.13. The molecule has 0 unspecified atom stereocenters. The molecule has 1 fully saturated rings. The summed E-state index contributed by atoms with van der Waals surface area (Å²) >= 11 is 0. The molecular formula is C29H25F3N6O. The van der Waals surface area contributed by atoms with Crippen molar-refractivity contribution in [1.82, 2.24) is 19.3 Å². The van der Waals surface area contributed by atoms with Gasteiger partial charge in [-0.25, -0.2) is 22.8 Å². The molecule has 0 aliphatic carbocycles. The summed E-state index contributed by atoms with van der Waals surface area (Å²) in [6.45, 7) is 3.91. The third-order valence-electron chi connectivity index (χ3n) is 7.15. The molecule has 1 saturated heterocycles. The lowest BCUT2D eigenvalue weighted by molar-refractivity contribution is 0.560. The summed E-state index contributed by atoms with van der Waals surface area (Å²) in [7, 11) is 0. The van der Waals surface area contributed by atoms with Crippen LogP contribution in [-0.4, -0.2) is 45.5 Å². The molecule has 198 valence electrons. The number of halogens is 3. The van der Waals surface area contributed by atoms with Gasteiger partial charge in [0.2, 0.25) is 0 Å². The van der Waals surface area contributed by atoms with E-state index in [9.17, 15) is 9.18 Å². The predicted molar refractivity (Wildman–Crippen MR) is 144 cm³/mol. The van der Waals surface area contributed by atoms with Crippen LogP contribution in [0.5, 0.6) is 0 Å². The summed E-state index contributed by atoms with van der Waals surface area (Å²) in [6, 6.07) is 14.8. The normalized spacial score (nSPS) is 13.8. The first-order chi connectivity index (χ1) is 18.9. The summed E-state index contributed by atoms with van der Waals surface area (Å²) in [5, 5.41) is 4.10. The van der Waals surface area contributed by atoms with Gasteiger partial charge in [0.1, 0.15) is 30.0 Å². The van der Waals surface area contributed by atoms with Crippen LogP contribution >= 0.6 is 0 Å². The summed E-state index contributed by atoms with van der Waals surface area (Å²) in [4.78, 5) is 20.6. The number of anilines is 2. The number of rotatable bonds is 5. The van der Waals surface area contributed by atoms with Gasteiger partial charge in [-0.1, -0.05) is 12.1 Å². The molecule has 0 atom stereocenters. The Bertz CT molecular complexity index is 1690. The van der Waals surface area contributed by atoms with Crippen molar-refractivity contribution in [3.05, 3.63) is 112 Å². The predicted octanol–water partition coefficient (Wildman–Crippen LogP) is 4.68. The molecule has 0 saturated carbocycles. The Hall–Kier alpha value is -4.60. The molecule has 10 heteroatoms. The maximum atomic E-state index is 16.3. The van der Waals surface area contributed by atoms with Gasteiger partial charge in [0.15, 0.2) is 11.2 Å². The van der Waals surface area contributed by atoms with Gasteiger partial charge in [0, 0.05) is 49.3 Å². The Labute approximate surface area is 222 Å². The third kappa shape index (κ3) is 4.62. The quantitative estimate of drug-likeness (QED) is 0.330. The number of fused-ring (bicyclic) bond motifs is 1. The summed E-state index contributed by atoms with van der Waals surface area (Å²) in [5.74, 6) is -1.86. The van der Waals surface area contributed by atoms with Gasteiger partial charge in [-0.2, -0.15) is 5.10 Å². The monoisotopic (exact) mass is 530 g/mol. The highest BCUT2D eigenvalue weighted by atomic mass is 19.1. The Morgan fingerprint density at radius 2 is 1.54 bits per heavy atom. The van der Waals surface area contributed by atoms with Crippen LogP contribution in [0.25, 0.3) is 16.6 Å². The van der Waals surface area contributed by atoms with Crippen molar-refractivity contribution >= 4 is 22.3 Å². The van der Waals surface area contributed by atoms with Gasteiger partial charge in [-0.15, -0.1) is 0 Å². The maximum Gasteiger partial charge on any atom is 0.192 e. The smallest absolute Gasteiger partial charge is 0.192 e. The third-order valence-corrected chi connectivity index (χ3v) is 7.15. The van der Waals surface area contributed by atoms with Crippen molar-refractivity contribution in [3.63, 3.8) is 0 Å². The van der Waals surface area contributed by atoms with E-state index < -0.39 is 17.1 Å². The van der Waals surface area contributed by atoms with Gasteiger partial charge < -0.3 is 14.4 Å². The van der Waals surface area contributed by atoms with E-state index in [0.717, 1.165) is 17.3 Å². The Morgan fingerprint density at radius 3 is 2.21 bits per heavy atom. The topological polar surface area (TPSA) is 59.2 Å². The fourth-order valence-corrected chi connectivity index (χ4v) is 5.13. The summed E-state index contributed by atoms with van der Waals surface area (Å²) in [5.41, 5.74) is 2.32. The lowest BCUT2D eigenvalue weighted by Crippen LogP contribution is -2.47. The van der Waals surface area contributed by atoms with Crippen molar-refractivity contribution in [2.24, 2.45) is 0 Å². The minimum atomic E-state index is -0.774. The van der Waals surface area contributed by atoms with Crippen LogP contribution in [0, 0.1) is 24.4 Å². The molecule has 6 rings (SSSR count). The minimum Gasteiger partial charge on any atom is -0.368 e. The minimum absolute atomic E-state index is 0.00890. The summed E-state index contributed by atoms with van der Waals surface area (Å²) < 4.78 is 48.3. The lowest BCUT2D eigenvalue weighted by Gasteiger charge is -2.37.